The first-order chi connectivity index (χ1) is 7.31. The van der Waals surface area contributed by atoms with Gasteiger partial charge >= 0.3 is 0 Å². The van der Waals surface area contributed by atoms with Crippen molar-refractivity contribution in [3.8, 4) is 0 Å². The molecule has 2 rings (SSSR count). The van der Waals surface area contributed by atoms with Gasteiger partial charge in [0.05, 0.1) is 0 Å². The molecule has 1 aromatic carbocycles. The van der Waals surface area contributed by atoms with Crippen LogP contribution in [0.25, 0.3) is 0 Å². The molecule has 0 aromatic heterocycles. The average molecular weight is 202 g/mol. The first-order valence-electron chi connectivity index (χ1n) is 5.41. The second-order valence-corrected chi connectivity index (χ2v) is 3.92. The minimum atomic E-state index is -0.148. The lowest BCUT2D eigenvalue weighted by molar-refractivity contribution is 0.553. The van der Waals surface area contributed by atoms with Crippen LogP contribution in [0.3, 0.4) is 0 Å². The molecule has 0 aliphatic heterocycles. The molecule has 1 heteroatoms. The average Bonchev–Trinajstić information content (AvgIpc) is 2.29. The molecule has 1 aliphatic carbocycles. The van der Waals surface area contributed by atoms with E-state index in [1.165, 1.54) is 6.07 Å². The summed E-state index contributed by atoms with van der Waals surface area (Å²) >= 11 is 0. The van der Waals surface area contributed by atoms with Gasteiger partial charge in [0.25, 0.3) is 0 Å². The van der Waals surface area contributed by atoms with Crippen molar-refractivity contribution in [2.24, 2.45) is 5.92 Å². The zero-order valence-electron chi connectivity index (χ0n) is 8.86. The van der Waals surface area contributed by atoms with E-state index in [4.69, 9.17) is 0 Å². The van der Waals surface area contributed by atoms with Crippen LogP contribution in [-0.4, -0.2) is 0 Å². The number of allylic oxidation sites excluding steroid dienone is 4. The van der Waals surface area contributed by atoms with Gasteiger partial charge in [-0.2, -0.15) is 0 Å². The van der Waals surface area contributed by atoms with E-state index in [-0.39, 0.29) is 5.82 Å². The summed E-state index contributed by atoms with van der Waals surface area (Å²) in [5.41, 5.74) is 1.07. The number of hydrogen-bond acceptors (Lipinski definition) is 0. The van der Waals surface area contributed by atoms with Gasteiger partial charge in [0.15, 0.2) is 0 Å². The predicted molar refractivity (Wildman–Crippen MR) is 61.2 cm³/mol. The fraction of sp³-hybridized carbons (Fsp3) is 0.286. The number of halogens is 1. The third kappa shape index (κ3) is 2.17. The number of rotatable bonds is 2. The van der Waals surface area contributed by atoms with E-state index in [1.807, 2.05) is 12.1 Å². The molecule has 0 heterocycles. The molecule has 0 saturated carbocycles. The van der Waals surface area contributed by atoms with Crippen molar-refractivity contribution in [3.05, 3.63) is 60.0 Å². The van der Waals surface area contributed by atoms with Crippen molar-refractivity contribution in [2.75, 3.05) is 0 Å². The minimum absolute atomic E-state index is 0.148. The van der Waals surface area contributed by atoms with Crippen molar-refractivity contribution in [1.29, 1.82) is 0 Å². The Bertz CT molecular complexity index is 390. The highest BCUT2D eigenvalue weighted by atomic mass is 19.1. The summed E-state index contributed by atoms with van der Waals surface area (Å²) in [6.07, 6.45) is 9.56. The maximum Gasteiger partial charge on any atom is 0.123 e. The van der Waals surface area contributed by atoms with Gasteiger partial charge in [-0.05, 0) is 30.0 Å². The van der Waals surface area contributed by atoms with E-state index in [1.54, 1.807) is 12.1 Å². The zero-order chi connectivity index (χ0) is 10.7. The third-order valence-electron chi connectivity index (χ3n) is 2.95. The Hall–Kier alpha value is -1.37. The molecule has 0 saturated heterocycles. The highest BCUT2D eigenvalue weighted by Gasteiger charge is 2.18. The predicted octanol–water partition coefficient (Wildman–Crippen LogP) is 4.06. The Morgan fingerprint density at radius 2 is 2.00 bits per heavy atom. The second-order valence-electron chi connectivity index (χ2n) is 3.92. The van der Waals surface area contributed by atoms with Gasteiger partial charge in [0.2, 0.25) is 0 Å². The SMILES string of the molecule is CCC1C=CC=CC1c1cccc(F)c1. The molecule has 78 valence electrons. The molecule has 0 N–H and O–H groups in total. The van der Waals surface area contributed by atoms with Gasteiger partial charge in [-0.1, -0.05) is 43.4 Å². The summed E-state index contributed by atoms with van der Waals surface area (Å²) in [5.74, 6) is 0.679. The van der Waals surface area contributed by atoms with Gasteiger partial charge in [-0.15, -0.1) is 0 Å². The van der Waals surface area contributed by atoms with Gasteiger partial charge in [-0.25, -0.2) is 4.39 Å². The Balaban J connectivity index is 2.29. The van der Waals surface area contributed by atoms with Crippen LogP contribution in [0.5, 0.6) is 0 Å². The van der Waals surface area contributed by atoms with Crippen molar-refractivity contribution < 1.29 is 4.39 Å². The fourth-order valence-corrected chi connectivity index (χ4v) is 2.12. The van der Waals surface area contributed by atoms with E-state index < -0.39 is 0 Å². The number of hydrogen-bond donors (Lipinski definition) is 0. The summed E-state index contributed by atoms with van der Waals surface area (Å²) < 4.78 is 13.1. The molecule has 1 aliphatic rings. The molecule has 0 amide bonds. The highest BCUT2D eigenvalue weighted by Crippen LogP contribution is 2.32. The van der Waals surface area contributed by atoms with E-state index in [0.29, 0.717) is 11.8 Å². The summed E-state index contributed by atoms with van der Waals surface area (Å²) in [6.45, 7) is 2.17. The first-order valence-corrected chi connectivity index (χ1v) is 5.41. The topological polar surface area (TPSA) is 0 Å². The van der Waals surface area contributed by atoms with E-state index in [2.05, 4.69) is 25.2 Å². The van der Waals surface area contributed by atoms with E-state index in [0.717, 1.165) is 12.0 Å². The molecular weight excluding hydrogens is 187 g/mol. The smallest absolute Gasteiger partial charge is 0.123 e. The summed E-state index contributed by atoms with van der Waals surface area (Å²) in [6, 6.07) is 6.91. The first kappa shape index (κ1) is 10.2. The molecule has 2 atom stereocenters. The Labute approximate surface area is 90.1 Å². The standard InChI is InChI=1S/C14H15F/c1-2-11-6-3-4-9-14(11)12-7-5-8-13(15)10-12/h3-11,14H,2H2,1H3. The lowest BCUT2D eigenvalue weighted by Gasteiger charge is -2.23. The minimum Gasteiger partial charge on any atom is -0.207 e. The van der Waals surface area contributed by atoms with Crippen molar-refractivity contribution in [3.63, 3.8) is 0 Å². The van der Waals surface area contributed by atoms with E-state index in [9.17, 15) is 4.39 Å². The molecule has 15 heavy (non-hydrogen) atoms. The largest absolute Gasteiger partial charge is 0.207 e. The monoisotopic (exact) mass is 202 g/mol. The summed E-state index contributed by atoms with van der Waals surface area (Å²) in [7, 11) is 0. The summed E-state index contributed by atoms with van der Waals surface area (Å²) in [5, 5.41) is 0. The highest BCUT2D eigenvalue weighted by molar-refractivity contribution is 5.30. The molecule has 0 fully saturated rings. The molecule has 2 unspecified atom stereocenters. The Kier molecular flexibility index (Phi) is 3.00. The maximum absolute atomic E-state index is 13.1. The van der Waals surface area contributed by atoms with Crippen molar-refractivity contribution in [1.82, 2.24) is 0 Å². The number of benzene rings is 1. The van der Waals surface area contributed by atoms with Crippen LogP contribution in [0.15, 0.2) is 48.6 Å². The summed E-state index contributed by atoms with van der Waals surface area (Å²) in [4.78, 5) is 0. The lowest BCUT2D eigenvalue weighted by Crippen LogP contribution is -2.10. The Morgan fingerprint density at radius 3 is 2.73 bits per heavy atom. The lowest BCUT2D eigenvalue weighted by atomic mass is 9.81. The van der Waals surface area contributed by atoms with E-state index >= 15 is 0 Å². The molecule has 0 nitrogen and oxygen atoms in total. The van der Waals surface area contributed by atoms with Crippen LogP contribution < -0.4 is 0 Å². The van der Waals surface area contributed by atoms with Gasteiger partial charge in [0.1, 0.15) is 5.82 Å². The molecular formula is C14H15F. The van der Waals surface area contributed by atoms with Crippen LogP contribution in [0.4, 0.5) is 4.39 Å². The van der Waals surface area contributed by atoms with Crippen molar-refractivity contribution >= 4 is 0 Å². The zero-order valence-corrected chi connectivity index (χ0v) is 8.86. The molecule has 1 aromatic rings. The van der Waals surface area contributed by atoms with Crippen LogP contribution in [0.2, 0.25) is 0 Å². The van der Waals surface area contributed by atoms with Gasteiger partial charge < -0.3 is 0 Å². The normalized spacial score (nSPS) is 24.4. The van der Waals surface area contributed by atoms with Crippen LogP contribution in [0, 0.1) is 11.7 Å². The van der Waals surface area contributed by atoms with Gasteiger partial charge in [-0.3, -0.25) is 0 Å². The van der Waals surface area contributed by atoms with Crippen LogP contribution in [0.1, 0.15) is 24.8 Å². The molecule has 0 bridgehead atoms. The quantitative estimate of drug-likeness (QED) is 0.678. The second kappa shape index (κ2) is 4.43. The van der Waals surface area contributed by atoms with Gasteiger partial charge in [0, 0.05) is 5.92 Å². The third-order valence-corrected chi connectivity index (χ3v) is 2.95. The molecule has 0 spiro atoms. The maximum atomic E-state index is 13.1. The fourth-order valence-electron chi connectivity index (χ4n) is 2.12. The van der Waals surface area contributed by atoms with Crippen LogP contribution >= 0.6 is 0 Å². The molecule has 0 radical (unpaired) electrons. The van der Waals surface area contributed by atoms with Crippen LogP contribution in [-0.2, 0) is 0 Å². The van der Waals surface area contributed by atoms with Crippen molar-refractivity contribution in [2.45, 2.75) is 19.3 Å². The Morgan fingerprint density at radius 1 is 1.20 bits per heavy atom.